The third kappa shape index (κ3) is 5.73. The number of rotatable bonds is 3. The third-order valence-electron chi connectivity index (χ3n) is 3.44. The number of likely N-dealkylation sites (tertiary alicyclic amines) is 1. The fourth-order valence-electron chi connectivity index (χ4n) is 2.51. The largest absolute Gasteiger partial charge is 0.477 e. The van der Waals surface area contributed by atoms with E-state index in [4.69, 9.17) is 9.84 Å². The summed E-state index contributed by atoms with van der Waals surface area (Å²) >= 11 is 0. The molecule has 1 aliphatic rings. The van der Waals surface area contributed by atoms with E-state index in [0.717, 1.165) is 30.7 Å². The molecule has 1 aromatic rings. The Labute approximate surface area is 141 Å². The molecule has 130 valence electrons. The van der Waals surface area contributed by atoms with E-state index >= 15 is 0 Å². The van der Waals surface area contributed by atoms with Crippen LogP contribution in [0.3, 0.4) is 0 Å². The summed E-state index contributed by atoms with van der Waals surface area (Å²) in [5, 5.41) is 9.00. The number of ether oxygens (including phenoxy) is 1. The molecule has 24 heavy (non-hydrogen) atoms. The Bertz CT molecular complexity index is 649. The molecule has 0 saturated carbocycles. The molecule has 7 nitrogen and oxygen atoms in total. The summed E-state index contributed by atoms with van der Waals surface area (Å²) in [7, 11) is 0. The lowest BCUT2D eigenvalue weighted by Crippen LogP contribution is -2.36. The van der Waals surface area contributed by atoms with Crippen LogP contribution in [0, 0.1) is 0 Å². The van der Waals surface area contributed by atoms with Gasteiger partial charge >= 0.3 is 12.1 Å². The number of aromatic nitrogens is 1. The van der Waals surface area contributed by atoms with Crippen LogP contribution in [0.25, 0.3) is 0 Å². The molecule has 0 radical (unpaired) electrons. The highest BCUT2D eigenvalue weighted by molar-refractivity contribution is 5.95. The monoisotopic (exact) mass is 333 g/mol. The lowest BCUT2D eigenvalue weighted by Gasteiger charge is -2.28. The van der Waals surface area contributed by atoms with E-state index < -0.39 is 17.7 Å². The van der Waals surface area contributed by atoms with Crippen molar-refractivity contribution in [2.75, 3.05) is 13.1 Å². The fourth-order valence-corrected chi connectivity index (χ4v) is 2.51. The summed E-state index contributed by atoms with van der Waals surface area (Å²) < 4.78 is 5.22. The second-order valence-electron chi connectivity index (χ2n) is 6.83. The van der Waals surface area contributed by atoms with Gasteiger partial charge < -0.3 is 9.84 Å². The molecule has 0 aliphatic carbocycles. The van der Waals surface area contributed by atoms with Crippen LogP contribution in [0.15, 0.2) is 23.3 Å². The van der Waals surface area contributed by atoms with Gasteiger partial charge in [0.1, 0.15) is 11.3 Å². The van der Waals surface area contributed by atoms with Crippen molar-refractivity contribution in [2.45, 2.75) is 45.8 Å². The highest BCUT2D eigenvalue weighted by atomic mass is 16.6. The lowest BCUT2D eigenvalue weighted by atomic mass is 10.1. The molecule has 2 rings (SSSR count). The van der Waals surface area contributed by atoms with Gasteiger partial charge in [-0.1, -0.05) is 0 Å². The Morgan fingerprint density at radius 3 is 2.83 bits per heavy atom. The number of amides is 1. The number of carboxylic acids is 1. The highest BCUT2D eigenvalue weighted by Gasteiger charge is 2.20. The van der Waals surface area contributed by atoms with Crippen molar-refractivity contribution in [3.8, 4) is 0 Å². The minimum Gasteiger partial charge on any atom is -0.477 e. The number of aromatic carboxylic acids is 1. The molecule has 0 spiro atoms. The zero-order valence-electron chi connectivity index (χ0n) is 14.3. The van der Waals surface area contributed by atoms with Crippen molar-refractivity contribution in [3.63, 3.8) is 0 Å². The van der Waals surface area contributed by atoms with Gasteiger partial charge in [-0.15, -0.1) is 0 Å². The van der Waals surface area contributed by atoms with Gasteiger partial charge in [-0.2, -0.15) is 4.99 Å². The maximum atomic E-state index is 11.8. The van der Waals surface area contributed by atoms with Crippen molar-refractivity contribution in [1.82, 2.24) is 9.88 Å². The number of piperidine rings is 1. The van der Waals surface area contributed by atoms with E-state index in [1.54, 1.807) is 12.1 Å². The van der Waals surface area contributed by atoms with Crippen LogP contribution in [0.5, 0.6) is 0 Å². The molecule has 0 unspecified atom stereocenters. The first kappa shape index (κ1) is 18.1. The van der Waals surface area contributed by atoms with Gasteiger partial charge in [0.2, 0.25) is 0 Å². The van der Waals surface area contributed by atoms with Gasteiger partial charge in [0.15, 0.2) is 0 Å². The van der Waals surface area contributed by atoms with E-state index in [1.807, 2.05) is 20.8 Å². The van der Waals surface area contributed by atoms with Crippen molar-refractivity contribution < 1.29 is 19.4 Å². The predicted molar refractivity (Wildman–Crippen MR) is 89.4 cm³/mol. The molecule has 1 saturated heterocycles. The van der Waals surface area contributed by atoms with Crippen LogP contribution in [0.4, 0.5) is 4.79 Å². The molecule has 0 atom stereocenters. The Morgan fingerprint density at radius 1 is 1.42 bits per heavy atom. The first-order chi connectivity index (χ1) is 11.2. The first-order valence-electron chi connectivity index (χ1n) is 7.93. The minimum atomic E-state index is -1.04. The zero-order valence-corrected chi connectivity index (χ0v) is 14.3. The number of carbonyl (C=O) groups excluding carboxylic acids is 1. The minimum absolute atomic E-state index is 0.0344. The number of nitrogens with zero attached hydrogens (tertiary/aromatic N) is 3. The molecule has 1 amide bonds. The van der Waals surface area contributed by atoms with Gasteiger partial charge in [-0.3, -0.25) is 4.90 Å². The van der Waals surface area contributed by atoms with Gasteiger partial charge in [-0.05, 0) is 57.9 Å². The Balaban J connectivity index is 1.99. The molecule has 2 heterocycles. The quantitative estimate of drug-likeness (QED) is 0.914. The van der Waals surface area contributed by atoms with Crippen molar-refractivity contribution in [2.24, 2.45) is 4.99 Å². The molecule has 1 aliphatic heterocycles. The maximum Gasteiger partial charge on any atom is 0.434 e. The van der Waals surface area contributed by atoms with Crippen LogP contribution in [-0.2, 0) is 11.3 Å². The number of aliphatic imine (C=N–C) groups is 1. The topological polar surface area (TPSA) is 92.1 Å². The summed E-state index contributed by atoms with van der Waals surface area (Å²) in [4.78, 5) is 32.8. The SMILES string of the molecule is CC(C)(C)OC(=O)/N=C1\CCCN(Cc2ccnc(C(=O)O)c2)C1. The molecule has 0 bridgehead atoms. The van der Waals surface area contributed by atoms with E-state index in [1.165, 1.54) is 6.20 Å². The van der Waals surface area contributed by atoms with E-state index in [-0.39, 0.29) is 5.69 Å². The average molecular weight is 333 g/mol. The zero-order chi connectivity index (χ0) is 17.7. The van der Waals surface area contributed by atoms with Crippen LogP contribution in [-0.4, -0.2) is 51.5 Å². The van der Waals surface area contributed by atoms with Crippen LogP contribution < -0.4 is 0 Å². The smallest absolute Gasteiger partial charge is 0.434 e. The van der Waals surface area contributed by atoms with Gasteiger partial charge in [0, 0.05) is 25.0 Å². The second-order valence-corrected chi connectivity index (χ2v) is 6.83. The third-order valence-corrected chi connectivity index (χ3v) is 3.44. The second kappa shape index (κ2) is 7.53. The first-order valence-corrected chi connectivity index (χ1v) is 7.93. The van der Waals surface area contributed by atoms with Gasteiger partial charge in [0.05, 0.1) is 0 Å². The van der Waals surface area contributed by atoms with Crippen LogP contribution >= 0.6 is 0 Å². The van der Waals surface area contributed by atoms with Crippen molar-refractivity contribution >= 4 is 17.8 Å². The summed E-state index contributed by atoms with van der Waals surface area (Å²) in [6.45, 7) is 7.46. The van der Waals surface area contributed by atoms with Gasteiger partial charge in [0.25, 0.3) is 0 Å². The summed E-state index contributed by atoms with van der Waals surface area (Å²) in [5.41, 5.74) is 1.15. The summed E-state index contributed by atoms with van der Waals surface area (Å²) in [5.74, 6) is -1.04. The number of carbonyl (C=O) groups is 2. The summed E-state index contributed by atoms with van der Waals surface area (Å²) in [6, 6.07) is 3.37. The van der Waals surface area contributed by atoms with Gasteiger partial charge in [-0.25, -0.2) is 14.6 Å². The number of pyridine rings is 1. The van der Waals surface area contributed by atoms with Crippen LogP contribution in [0.2, 0.25) is 0 Å². The molecule has 0 aromatic carbocycles. The molecule has 7 heteroatoms. The number of carboxylic acid groups (broad SMARTS) is 1. The van der Waals surface area contributed by atoms with Crippen molar-refractivity contribution in [3.05, 3.63) is 29.6 Å². The average Bonchev–Trinajstić information content (AvgIpc) is 2.45. The summed E-state index contributed by atoms with van der Waals surface area (Å²) in [6.07, 6.45) is 2.61. The Kier molecular flexibility index (Phi) is 5.66. The Hall–Kier alpha value is -2.28. The molecular formula is C17H23N3O4. The highest BCUT2D eigenvalue weighted by Crippen LogP contribution is 2.14. The number of hydrogen-bond donors (Lipinski definition) is 1. The fraction of sp³-hybridized carbons (Fsp3) is 0.529. The van der Waals surface area contributed by atoms with E-state index in [2.05, 4.69) is 14.9 Å². The van der Waals surface area contributed by atoms with Crippen molar-refractivity contribution in [1.29, 1.82) is 0 Å². The molecule has 1 fully saturated rings. The van der Waals surface area contributed by atoms with Crippen LogP contribution in [0.1, 0.15) is 49.7 Å². The van der Waals surface area contributed by atoms with E-state index in [9.17, 15) is 9.59 Å². The molecular weight excluding hydrogens is 310 g/mol. The van der Waals surface area contributed by atoms with E-state index in [0.29, 0.717) is 13.1 Å². The molecule has 1 N–H and O–H groups in total. The lowest BCUT2D eigenvalue weighted by molar-refractivity contribution is 0.0601. The predicted octanol–water partition coefficient (Wildman–Crippen LogP) is 2.75. The standard InChI is InChI=1S/C17H23N3O4/c1-17(2,3)24-16(23)19-13-5-4-8-20(11-13)10-12-6-7-18-14(9-12)15(21)22/h6-7,9H,4-5,8,10-11H2,1-3H3,(H,21,22)/b19-13+. The number of hydrogen-bond acceptors (Lipinski definition) is 5. The maximum absolute atomic E-state index is 11.8. The normalized spacial score (nSPS) is 17.7. The molecule has 1 aromatic heterocycles. The Morgan fingerprint density at radius 2 is 2.17 bits per heavy atom.